The third-order valence-electron chi connectivity index (χ3n) is 2.40. The summed E-state index contributed by atoms with van der Waals surface area (Å²) in [6, 6.07) is 3.97. The summed E-state index contributed by atoms with van der Waals surface area (Å²) in [7, 11) is 3.19. The summed E-state index contributed by atoms with van der Waals surface area (Å²) in [4.78, 5) is 8.66. The third-order valence-corrected chi connectivity index (χ3v) is 2.40. The Labute approximate surface area is 89.0 Å². The minimum Gasteiger partial charge on any atom is -0.350 e. The third kappa shape index (κ3) is 2.06. The molecule has 0 spiro atoms. The second-order valence-corrected chi connectivity index (χ2v) is 3.37. The smallest absolute Gasteiger partial charge is 0.200 e. The lowest BCUT2D eigenvalue weighted by Crippen LogP contribution is -2.07. The Morgan fingerprint density at radius 1 is 1.27 bits per heavy atom. The van der Waals surface area contributed by atoms with Crippen molar-refractivity contribution in [3.8, 4) is 0 Å². The summed E-state index contributed by atoms with van der Waals surface area (Å²) in [6.07, 6.45) is 3.49. The van der Waals surface area contributed by atoms with Gasteiger partial charge in [0.1, 0.15) is 0 Å². The fourth-order valence-corrected chi connectivity index (χ4v) is 1.64. The van der Waals surface area contributed by atoms with Crippen molar-refractivity contribution in [2.45, 2.75) is 19.1 Å². The summed E-state index contributed by atoms with van der Waals surface area (Å²) in [5.41, 5.74) is 1.95. The fourth-order valence-electron chi connectivity index (χ4n) is 1.64. The first-order chi connectivity index (χ1) is 7.35. The van der Waals surface area contributed by atoms with Crippen molar-refractivity contribution < 1.29 is 9.47 Å². The Morgan fingerprint density at radius 2 is 2.07 bits per heavy atom. The SMILES string of the molecule is COC(OC)c1ccc2c(n1)N=CCC2. The molecule has 0 fully saturated rings. The van der Waals surface area contributed by atoms with Crippen LogP contribution in [0, 0.1) is 0 Å². The van der Waals surface area contributed by atoms with Crippen LogP contribution < -0.4 is 0 Å². The molecule has 2 rings (SSSR count). The molecule has 1 aromatic heterocycles. The number of aromatic nitrogens is 1. The van der Waals surface area contributed by atoms with Crippen LogP contribution in [-0.2, 0) is 15.9 Å². The number of fused-ring (bicyclic) bond motifs is 1. The Hall–Kier alpha value is -1.26. The molecule has 0 aliphatic carbocycles. The van der Waals surface area contributed by atoms with Crippen molar-refractivity contribution >= 4 is 12.0 Å². The minimum absolute atomic E-state index is 0.410. The van der Waals surface area contributed by atoms with E-state index in [4.69, 9.17) is 9.47 Å². The van der Waals surface area contributed by atoms with Gasteiger partial charge in [-0.15, -0.1) is 0 Å². The molecule has 80 valence electrons. The van der Waals surface area contributed by atoms with Gasteiger partial charge in [0.2, 0.25) is 6.29 Å². The highest BCUT2D eigenvalue weighted by Crippen LogP contribution is 2.25. The van der Waals surface area contributed by atoms with Crippen molar-refractivity contribution in [3.05, 3.63) is 23.4 Å². The summed E-state index contributed by atoms with van der Waals surface area (Å²) in [5.74, 6) is 0.790. The first-order valence-corrected chi connectivity index (χ1v) is 4.93. The molecule has 1 aliphatic rings. The summed E-state index contributed by atoms with van der Waals surface area (Å²) in [6.45, 7) is 0. The molecule has 1 aliphatic heterocycles. The van der Waals surface area contributed by atoms with E-state index in [0.29, 0.717) is 0 Å². The Morgan fingerprint density at radius 3 is 2.80 bits per heavy atom. The number of hydrogen-bond acceptors (Lipinski definition) is 4. The van der Waals surface area contributed by atoms with Gasteiger partial charge in [0.15, 0.2) is 5.82 Å². The van der Waals surface area contributed by atoms with Gasteiger partial charge in [0, 0.05) is 20.4 Å². The van der Waals surface area contributed by atoms with Crippen LogP contribution in [-0.4, -0.2) is 25.4 Å². The van der Waals surface area contributed by atoms with Gasteiger partial charge in [0.05, 0.1) is 5.69 Å². The molecule has 0 bridgehead atoms. The lowest BCUT2D eigenvalue weighted by atomic mass is 10.1. The number of nitrogens with zero attached hydrogens (tertiary/aromatic N) is 2. The molecule has 0 saturated carbocycles. The van der Waals surface area contributed by atoms with E-state index in [-0.39, 0.29) is 0 Å². The molecular formula is C11H14N2O2. The van der Waals surface area contributed by atoms with Gasteiger partial charge < -0.3 is 9.47 Å². The molecule has 15 heavy (non-hydrogen) atoms. The molecule has 4 heteroatoms. The van der Waals surface area contributed by atoms with Crippen LogP contribution >= 0.6 is 0 Å². The van der Waals surface area contributed by atoms with Gasteiger partial charge in [-0.2, -0.15) is 0 Å². The van der Waals surface area contributed by atoms with Gasteiger partial charge in [-0.1, -0.05) is 6.07 Å². The van der Waals surface area contributed by atoms with Crippen LogP contribution in [0.2, 0.25) is 0 Å². The molecule has 0 saturated heterocycles. The zero-order chi connectivity index (χ0) is 10.7. The molecule has 2 heterocycles. The molecule has 0 aromatic carbocycles. The first kappa shape index (κ1) is 10.3. The van der Waals surface area contributed by atoms with Gasteiger partial charge in [0.25, 0.3) is 0 Å². The zero-order valence-electron chi connectivity index (χ0n) is 8.93. The maximum atomic E-state index is 5.14. The molecule has 4 nitrogen and oxygen atoms in total. The van der Waals surface area contributed by atoms with Crippen molar-refractivity contribution in [2.75, 3.05) is 14.2 Å². The summed E-state index contributed by atoms with van der Waals surface area (Å²) < 4.78 is 10.3. The van der Waals surface area contributed by atoms with Crippen molar-refractivity contribution in [2.24, 2.45) is 4.99 Å². The van der Waals surface area contributed by atoms with Crippen molar-refractivity contribution in [1.82, 2.24) is 4.98 Å². The van der Waals surface area contributed by atoms with E-state index in [1.54, 1.807) is 14.2 Å². The molecule has 0 radical (unpaired) electrons. The number of rotatable bonds is 3. The van der Waals surface area contributed by atoms with Crippen LogP contribution in [0.5, 0.6) is 0 Å². The van der Waals surface area contributed by atoms with Gasteiger partial charge in [-0.3, -0.25) is 0 Å². The van der Waals surface area contributed by atoms with E-state index in [0.717, 1.165) is 24.4 Å². The Kier molecular flexibility index (Phi) is 3.08. The maximum Gasteiger partial charge on any atom is 0.200 e. The lowest BCUT2D eigenvalue weighted by molar-refractivity contribution is -0.108. The quantitative estimate of drug-likeness (QED) is 0.710. The number of aryl methyl sites for hydroxylation is 1. The second-order valence-electron chi connectivity index (χ2n) is 3.37. The molecule has 0 unspecified atom stereocenters. The topological polar surface area (TPSA) is 43.7 Å². The van der Waals surface area contributed by atoms with Gasteiger partial charge >= 0.3 is 0 Å². The standard InChI is InChI=1S/C11H14N2O2/c1-14-11(15-2)9-6-5-8-4-3-7-12-10(8)13-9/h5-7,11H,3-4H2,1-2H3. The van der Waals surface area contributed by atoms with Crippen LogP contribution in [0.1, 0.15) is 24.0 Å². The minimum atomic E-state index is -0.410. The Balaban J connectivity index is 2.32. The highest BCUT2D eigenvalue weighted by Gasteiger charge is 2.14. The molecular weight excluding hydrogens is 192 g/mol. The van der Waals surface area contributed by atoms with Crippen LogP contribution in [0.25, 0.3) is 0 Å². The summed E-state index contributed by atoms with van der Waals surface area (Å²) >= 11 is 0. The van der Waals surface area contributed by atoms with Crippen LogP contribution in [0.15, 0.2) is 17.1 Å². The second kappa shape index (κ2) is 4.51. The predicted molar refractivity (Wildman–Crippen MR) is 57.5 cm³/mol. The average molecular weight is 206 g/mol. The molecule has 1 aromatic rings. The number of aliphatic imine (C=N–C) groups is 1. The van der Waals surface area contributed by atoms with Crippen LogP contribution in [0.4, 0.5) is 5.82 Å². The van der Waals surface area contributed by atoms with Crippen molar-refractivity contribution in [1.29, 1.82) is 0 Å². The number of pyridine rings is 1. The van der Waals surface area contributed by atoms with Crippen LogP contribution in [0.3, 0.4) is 0 Å². The van der Waals surface area contributed by atoms with E-state index in [1.807, 2.05) is 18.3 Å². The zero-order valence-corrected chi connectivity index (χ0v) is 8.93. The number of hydrogen-bond donors (Lipinski definition) is 0. The van der Waals surface area contributed by atoms with Crippen molar-refractivity contribution in [3.63, 3.8) is 0 Å². The van der Waals surface area contributed by atoms with Gasteiger partial charge in [-0.05, 0) is 24.5 Å². The Bertz CT molecular complexity index is 373. The highest BCUT2D eigenvalue weighted by atomic mass is 16.7. The van der Waals surface area contributed by atoms with Gasteiger partial charge in [-0.25, -0.2) is 9.98 Å². The summed E-state index contributed by atoms with van der Waals surface area (Å²) in [5, 5.41) is 0. The highest BCUT2D eigenvalue weighted by molar-refractivity contribution is 5.66. The predicted octanol–water partition coefficient (Wildman–Crippen LogP) is 2.02. The average Bonchev–Trinajstić information content (AvgIpc) is 2.30. The normalized spacial score (nSPS) is 14.3. The fraction of sp³-hybridized carbons (Fsp3) is 0.455. The largest absolute Gasteiger partial charge is 0.350 e. The van der Waals surface area contributed by atoms with E-state index in [9.17, 15) is 0 Å². The maximum absolute atomic E-state index is 5.14. The number of ether oxygens (including phenoxy) is 2. The lowest BCUT2D eigenvalue weighted by Gasteiger charge is -2.15. The van der Waals surface area contributed by atoms with E-state index >= 15 is 0 Å². The van der Waals surface area contributed by atoms with E-state index in [2.05, 4.69) is 9.98 Å². The molecule has 0 N–H and O–H groups in total. The first-order valence-electron chi connectivity index (χ1n) is 4.93. The van der Waals surface area contributed by atoms with E-state index < -0.39 is 6.29 Å². The molecule has 0 atom stereocenters. The molecule has 0 amide bonds. The number of methoxy groups -OCH3 is 2. The van der Waals surface area contributed by atoms with E-state index in [1.165, 1.54) is 5.56 Å². The monoisotopic (exact) mass is 206 g/mol.